The number of carbonyl (C=O) groups excluding carboxylic acids is 2. The minimum Gasteiger partial charge on any atom is -0.357 e. The third-order valence-electron chi connectivity index (χ3n) is 5.99. The van der Waals surface area contributed by atoms with Crippen LogP contribution >= 0.6 is 35.6 Å². The lowest BCUT2D eigenvalue weighted by molar-refractivity contribution is -0.140. The Balaban J connectivity index is 0.00000256. The Kier molecular flexibility index (Phi) is 7.73. The zero-order valence-electron chi connectivity index (χ0n) is 16.9. The molecule has 4 rings (SSSR count). The van der Waals surface area contributed by atoms with E-state index >= 15 is 0 Å². The van der Waals surface area contributed by atoms with Gasteiger partial charge in [-0.15, -0.1) is 24.0 Å². The van der Waals surface area contributed by atoms with Gasteiger partial charge in [-0.1, -0.05) is 29.8 Å². The van der Waals surface area contributed by atoms with E-state index in [4.69, 9.17) is 11.6 Å². The standard InChI is InChI=1S/C21H26ClN5O2.HI/c1-2-23-21(24-8-7-13-3-6-16(22)26-12-13)25-9-10-27-19(28)17-14-4-5-15(11-14)18(17)20(27)29;/h3-6,12,14-15,17-18H,2,7-11H2,1H3,(H2,23,24,25);1H. The van der Waals surface area contributed by atoms with E-state index in [-0.39, 0.29) is 59.5 Å². The first-order valence-electron chi connectivity index (χ1n) is 10.2. The molecule has 1 aromatic rings. The molecule has 30 heavy (non-hydrogen) atoms. The van der Waals surface area contributed by atoms with E-state index < -0.39 is 0 Å². The zero-order chi connectivity index (χ0) is 20.4. The SMILES string of the molecule is CCNC(=NCCc1ccc(Cl)nc1)NCCN1C(=O)C2C3C=CC(C3)C2C1=O.I. The molecular formula is C21H27ClIN5O2. The monoisotopic (exact) mass is 543 g/mol. The predicted molar refractivity (Wildman–Crippen MR) is 127 cm³/mol. The summed E-state index contributed by atoms with van der Waals surface area (Å²) < 4.78 is 0. The molecule has 1 saturated heterocycles. The quantitative estimate of drug-likeness (QED) is 0.138. The summed E-state index contributed by atoms with van der Waals surface area (Å²) in [6.07, 6.45) is 7.69. The Morgan fingerprint density at radius 2 is 1.90 bits per heavy atom. The first-order valence-corrected chi connectivity index (χ1v) is 10.6. The van der Waals surface area contributed by atoms with Crippen molar-refractivity contribution >= 4 is 53.4 Å². The maximum absolute atomic E-state index is 12.7. The van der Waals surface area contributed by atoms with Crippen LogP contribution in [-0.2, 0) is 16.0 Å². The highest BCUT2D eigenvalue weighted by atomic mass is 127. The second-order valence-corrected chi connectivity index (χ2v) is 8.14. The van der Waals surface area contributed by atoms with Crippen LogP contribution < -0.4 is 10.6 Å². The van der Waals surface area contributed by atoms with Crippen molar-refractivity contribution in [2.24, 2.45) is 28.7 Å². The molecule has 4 atom stereocenters. The van der Waals surface area contributed by atoms with Crippen molar-refractivity contribution in [1.82, 2.24) is 20.5 Å². The summed E-state index contributed by atoms with van der Waals surface area (Å²) in [4.78, 5) is 35.5. The van der Waals surface area contributed by atoms with Gasteiger partial charge < -0.3 is 10.6 Å². The molecule has 0 radical (unpaired) electrons. The number of aliphatic imine (C=N–C) groups is 1. The van der Waals surface area contributed by atoms with Gasteiger partial charge in [0.25, 0.3) is 0 Å². The zero-order valence-corrected chi connectivity index (χ0v) is 20.0. The maximum Gasteiger partial charge on any atom is 0.233 e. The van der Waals surface area contributed by atoms with E-state index in [0.717, 1.165) is 24.9 Å². The molecule has 2 N–H and O–H groups in total. The summed E-state index contributed by atoms with van der Waals surface area (Å²) >= 11 is 5.81. The van der Waals surface area contributed by atoms with Gasteiger partial charge in [0, 0.05) is 32.4 Å². The van der Waals surface area contributed by atoms with Gasteiger partial charge in [0.15, 0.2) is 5.96 Å². The number of fused-ring (bicyclic) bond motifs is 5. The van der Waals surface area contributed by atoms with Crippen molar-refractivity contribution in [2.45, 2.75) is 19.8 Å². The normalized spacial score (nSPS) is 26.7. The lowest BCUT2D eigenvalue weighted by Crippen LogP contribution is -2.43. The molecule has 7 nitrogen and oxygen atoms in total. The van der Waals surface area contributed by atoms with Crippen molar-refractivity contribution in [2.75, 3.05) is 26.2 Å². The number of halogens is 2. The molecule has 1 aromatic heterocycles. The largest absolute Gasteiger partial charge is 0.357 e. The third kappa shape index (κ3) is 4.64. The fourth-order valence-corrected chi connectivity index (χ4v) is 4.78. The number of allylic oxidation sites excluding steroid dienone is 2. The molecule has 1 aliphatic heterocycles. The van der Waals surface area contributed by atoms with Crippen molar-refractivity contribution in [1.29, 1.82) is 0 Å². The highest BCUT2D eigenvalue weighted by Crippen LogP contribution is 2.52. The summed E-state index contributed by atoms with van der Waals surface area (Å²) in [5.41, 5.74) is 1.07. The highest BCUT2D eigenvalue weighted by molar-refractivity contribution is 14.0. The molecule has 2 heterocycles. The fraction of sp³-hybridized carbons (Fsp3) is 0.524. The van der Waals surface area contributed by atoms with Crippen LogP contribution in [0, 0.1) is 23.7 Å². The number of carbonyl (C=O) groups is 2. The number of rotatable bonds is 7. The Bertz CT molecular complexity index is 814. The smallest absolute Gasteiger partial charge is 0.233 e. The van der Waals surface area contributed by atoms with Crippen molar-refractivity contribution in [3.05, 3.63) is 41.2 Å². The third-order valence-corrected chi connectivity index (χ3v) is 6.22. The van der Waals surface area contributed by atoms with E-state index in [9.17, 15) is 9.59 Å². The summed E-state index contributed by atoms with van der Waals surface area (Å²) in [5, 5.41) is 6.90. The summed E-state index contributed by atoms with van der Waals surface area (Å²) in [7, 11) is 0. The van der Waals surface area contributed by atoms with Gasteiger partial charge in [-0.3, -0.25) is 19.5 Å². The minimum absolute atomic E-state index is 0. The molecule has 2 bridgehead atoms. The van der Waals surface area contributed by atoms with Gasteiger partial charge in [-0.05, 0) is 43.2 Å². The number of aromatic nitrogens is 1. The van der Waals surface area contributed by atoms with Crippen LogP contribution in [0.15, 0.2) is 35.5 Å². The second kappa shape index (κ2) is 10.1. The minimum atomic E-state index is -0.132. The molecular weight excluding hydrogens is 517 g/mol. The van der Waals surface area contributed by atoms with Crippen molar-refractivity contribution < 1.29 is 9.59 Å². The van der Waals surface area contributed by atoms with Crippen molar-refractivity contribution in [3.63, 3.8) is 0 Å². The molecule has 0 aromatic carbocycles. The van der Waals surface area contributed by atoms with Crippen LogP contribution in [0.3, 0.4) is 0 Å². The van der Waals surface area contributed by atoms with Crippen LogP contribution in [-0.4, -0.2) is 53.8 Å². The van der Waals surface area contributed by atoms with Crippen LogP contribution in [0.5, 0.6) is 0 Å². The van der Waals surface area contributed by atoms with Gasteiger partial charge in [0.2, 0.25) is 11.8 Å². The highest BCUT2D eigenvalue weighted by Gasteiger charge is 2.58. The summed E-state index contributed by atoms with van der Waals surface area (Å²) in [6.45, 7) is 4.18. The van der Waals surface area contributed by atoms with E-state index in [1.165, 1.54) is 4.90 Å². The predicted octanol–water partition coefficient (Wildman–Crippen LogP) is 2.26. The average Bonchev–Trinajstić information content (AvgIpc) is 3.39. The number of hydrogen-bond donors (Lipinski definition) is 2. The summed E-state index contributed by atoms with van der Waals surface area (Å²) in [6, 6.07) is 3.71. The second-order valence-electron chi connectivity index (χ2n) is 7.75. The first-order chi connectivity index (χ1) is 14.1. The molecule has 162 valence electrons. The van der Waals surface area contributed by atoms with Gasteiger partial charge >= 0.3 is 0 Å². The van der Waals surface area contributed by atoms with Crippen LogP contribution in [0.1, 0.15) is 18.9 Å². The number of pyridine rings is 1. The number of likely N-dealkylation sites (tertiary alicyclic amines) is 1. The van der Waals surface area contributed by atoms with E-state index in [2.05, 4.69) is 32.8 Å². The van der Waals surface area contributed by atoms with E-state index in [1.807, 2.05) is 13.0 Å². The van der Waals surface area contributed by atoms with E-state index in [1.54, 1.807) is 12.3 Å². The average molecular weight is 544 g/mol. The Morgan fingerprint density at radius 3 is 2.50 bits per heavy atom. The number of hydrogen-bond acceptors (Lipinski definition) is 4. The van der Waals surface area contributed by atoms with Crippen molar-refractivity contribution in [3.8, 4) is 0 Å². The molecule has 2 fully saturated rings. The van der Waals surface area contributed by atoms with Crippen LogP contribution in [0.4, 0.5) is 0 Å². The molecule has 2 amide bonds. The lowest BCUT2D eigenvalue weighted by Gasteiger charge is -2.18. The van der Waals surface area contributed by atoms with E-state index in [0.29, 0.717) is 30.7 Å². The Morgan fingerprint density at radius 1 is 1.20 bits per heavy atom. The molecule has 0 spiro atoms. The number of amides is 2. The fourth-order valence-electron chi connectivity index (χ4n) is 4.66. The van der Waals surface area contributed by atoms with Gasteiger partial charge in [0.1, 0.15) is 5.15 Å². The van der Waals surface area contributed by atoms with Gasteiger partial charge in [-0.2, -0.15) is 0 Å². The molecule has 4 unspecified atom stereocenters. The lowest BCUT2D eigenvalue weighted by atomic mass is 9.85. The summed E-state index contributed by atoms with van der Waals surface area (Å²) in [5.74, 6) is 0.906. The molecule has 1 saturated carbocycles. The number of guanidine groups is 1. The number of imide groups is 1. The topological polar surface area (TPSA) is 86.7 Å². The Hall–Kier alpha value is -1.68. The number of nitrogens with zero attached hydrogens (tertiary/aromatic N) is 3. The van der Waals surface area contributed by atoms with Crippen LogP contribution in [0.2, 0.25) is 5.15 Å². The maximum atomic E-state index is 12.7. The first kappa shape index (κ1) is 23.0. The Labute approximate surface area is 198 Å². The number of nitrogens with one attached hydrogen (secondary N) is 2. The molecule has 2 aliphatic carbocycles. The van der Waals surface area contributed by atoms with Gasteiger partial charge in [0.05, 0.1) is 11.8 Å². The molecule has 9 heteroatoms. The molecule has 3 aliphatic rings. The van der Waals surface area contributed by atoms with Gasteiger partial charge in [-0.25, -0.2) is 4.98 Å². The van der Waals surface area contributed by atoms with Crippen LogP contribution in [0.25, 0.3) is 0 Å².